The van der Waals surface area contributed by atoms with Crippen LogP contribution in [0.15, 0.2) is 47.3 Å². The van der Waals surface area contributed by atoms with Crippen molar-refractivity contribution in [2.45, 2.75) is 105 Å². The first-order valence-electron chi connectivity index (χ1n) is 16.7. The number of carbonyl (C=O) groups is 2. The largest absolute Gasteiger partial charge is 2.00 e. The molecule has 47 heavy (non-hydrogen) atoms. The molecule has 268 valence electrons. The molecule has 0 heterocycles. The van der Waals surface area contributed by atoms with Crippen molar-refractivity contribution in [3.8, 4) is 0 Å². The molecular formula is C34H62CaN4O8. The summed E-state index contributed by atoms with van der Waals surface area (Å²) in [5.41, 5.74) is 0. The van der Waals surface area contributed by atoms with Gasteiger partial charge in [-0.3, -0.25) is 19.4 Å². The van der Waals surface area contributed by atoms with E-state index in [2.05, 4.69) is 10.6 Å². The maximum absolute atomic E-state index is 11.8. The van der Waals surface area contributed by atoms with Gasteiger partial charge in [0, 0.05) is 39.3 Å². The molecule has 2 atom stereocenters. The fourth-order valence-electron chi connectivity index (χ4n) is 3.92. The van der Waals surface area contributed by atoms with Crippen molar-refractivity contribution < 1.29 is 40.2 Å². The second kappa shape index (κ2) is 32.7. The number of rotatable bonds is 26. The van der Waals surface area contributed by atoms with Crippen molar-refractivity contribution in [2.75, 3.05) is 52.4 Å². The van der Waals surface area contributed by atoms with Crippen molar-refractivity contribution in [1.82, 2.24) is 20.4 Å². The first-order chi connectivity index (χ1) is 21.8. The molecule has 13 heteroatoms. The first kappa shape index (κ1) is 49.6. The third-order valence-corrected chi connectivity index (χ3v) is 6.95. The van der Waals surface area contributed by atoms with Crippen LogP contribution in [0.4, 0.5) is 0 Å². The molecule has 0 fully saturated rings. The van der Waals surface area contributed by atoms with E-state index < -0.39 is 24.0 Å². The Labute approximate surface area is 313 Å². The van der Waals surface area contributed by atoms with E-state index in [1.807, 2.05) is 27.7 Å². The zero-order valence-electron chi connectivity index (χ0n) is 29.8. The van der Waals surface area contributed by atoms with E-state index in [0.717, 1.165) is 44.9 Å². The summed E-state index contributed by atoms with van der Waals surface area (Å²) in [6, 6.07) is -1.42. The van der Waals surface area contributed by atoms with Gasteiger partial charge in [0.15, 0.2) is 0 Å². The van der Waals surface area contributed by atoms with Crippen LogP contribution < -0.4 is 20.8 Å². The monoisotopic (exact) mass is 694 g/mol. The number of allylic oxidation sites excluding steroid dienone is 4. The zero-order valence-corrected chi connectivity index (χ0v) is 32.0. The van der Waals surface area contributed by atoms with E-state index >= 15 is 0 Å². The number of unbranched alkanes of at least 4 members (excludes halogenated alkanes) is 4. The van der Waals surface area contributed by atoms with Crippen LogP contribution in [0.5, 0.6) is 0 Å². The minimum atomic E-state index is -0.958. The molecule has 2 unspecified atom stereocenters. The van der Waals surface area contributed by atoms with Gasteiger partial charge in [0.05, 0.1) is 13.1 Å². The molecule has 0 aromatic rings. The van der Waals surface area contributed by atoms with Crippen molar-refractivity contribution in [1.29, 1.82) is 0 Å². The van der Waals surface area contributed by atoms with E-state index in [0.29, 0.717) is 44.9 Å². The van der Waals surface area contributed by atoms with Gasteiger partial charge in [-0.2, -0.15) is 0 Å². The maximum atomic E-state index is 11.8. The number of nitrogens with one attached hydrogen (secondary N) is 2. The van der Waals surface area contributed by atoms with Crippen LogP contribution in [-0.4, -0.2) is 144 Å². The summed E-state index contributed by atoms with van der Waals surface area (Å²) >= 11 is 0. The molecule has 0 rings (SSSR count). The van der Waals surface area contributed by atoms with Crippen molar-refractivity contribution in [3.05, 3.63) is 47.3 Å². The Morgan fingerprint density at radius 2 is 1.00 bits per heavy atom. The molecule has 6 N–H and O–H groups in total. The van der Waals surface area contributed by atoms with E-state index in [-0.39, 0.29) is 74.6 Å². The van der Waals surface area contributed by atoms with Crippen LogP contribution in [0.25, 0.3) is 0 Å². The summed E-state index contributed by atoms with van der Waals surface area (Å²) < 4.78 is 0. The topological polar surface area (TPSA) is 192 Å². The second-order valence-electron chi connectivity index (χ2n) is 11.2. The van der Waals surface area contributed by atoms with Crippen LogP contribution in [0.2, 0.25) is 0 Å². The Morgan fingerprint density at radius 1 is 0.617 bits per heavy atom. The Hall–Kier alpha value is -1.80. The predicted octanol–water partition coefficient (Wildman–Crippen LogP) is 2.89. The SMILES string of the molecule is CCC/C=C(\O)CNCCN(C/C(O)=C/CCC)C(C)C(=O)O.CCC/C=C(\[O-])CNCCN(C/C([O-])=C/CCC)C(C)C(=O)O.[Ca+2]. The average Bonchev–Trinajstić information content (AvgIpc) is 3.02. The number of carboxylic acid groups (broad SMARTS) is 2. The van der Waals surface area contributed by atoms with Gasteiger partial charge < -0.3 is 41.3 Å². The molecule has 0 radical (unpaired) electrons. The summed E-state index contributed by atoms with van der Waals surface area (Å²) in [7, 11) is 0. The Morgan fingerprint density at radius 3 is 1.45 bits per heavy atom. The molecule has 0 aliphatic rings. The van der Waals surface area contributed by atoms with Gasteiger partial charge in [0.2, 0.25) is 0 Å². The van der Waals surface area contributed by atoms with Gasteiger partial charge in [-0.15, -0.1) is 11.5 Å². The van der Waals surface area contributed by atoms with Crippen molar-refractivity contribution in [2.24, 2.45) is 0 Å². The fraction of sp³-hybridized carbons (Fsp3) is 0.706. The number of aliphatic hydroxyl groups is 2. The molecule has 0 spiro atoms. The van der Waals surface area contributed by atoms with Crippen LogP contribution in [0, 0.1) is 0 Å². The maximum Gasteiger partial charge on any atom is 2.00 e. The van der Waals surface area contributed by atoms with E-state index in [1.165, 1.54) is 0 Å². The first-order valence-corrected chi connectivity index (χ1v) is 16.7. The standard InChI is InChI=1S/2C17H32N2O4.Ca/c2*1-4-6-8-15(20)12-18-10-11-19(14(3)17(22)23)13-16(21)9-7-5-2;/h2*8-9,14,18,20-21H,4-7,10-13H2,1-3H3,(H,22,23);/q;;+2/p-2/b2*15-8-,16-9-;. The Balaban J connectivity index is -0.000000807. The molecule has 0 amide bonds. The number of carboxylic acids is 2. The number of hydrogen-bond acceptors (Lipinski definition) is 10. The summed E-state index contributed by atoms with van der Waals surface area (Å²) in [6.07, 6.45) is 13.6. The van der Waals surface area contributed by atoms with Crippen molar-refractivity contribution in [3.63, 3.8) is 0 Å². The minimum absolute atomic E-state index is 0. The van der Waals surface area contributed by atoms with Gasteiger partial charge in [0.1, 0.15) is 23.6 Å². The normalized spacial score (nSPS) is 14.0. The summed E-state index contributed by atoms with van der Waals surface area (Å²) in [5.74, 6) is -1.40. The zero-order chi connectivity index (χ0) is 35.3. The Bertz CT molecular complexity index is 869. The smallest absolute Gasteiger partial charge is 0.875 e. The molecule has 0 aliphatic carbocycles. The third-order valence-electron chi connectivity index (χ3n) is 6.95. The average molecular weight is 695 g/mol. The van der Waals surface area contributed by atoms with Gasteiger partial charge in [-0.05, 0) is 51.7 Å². The third kappa shape index (κ3) is 28.9. The van der Waals surface area contributed by atoms with Crippen LogP contribution >= 0.6 is 0 Å². The van der Waals surface area contributed by atoms with Gasteiger partial charge >= 0.3 is 49.7 Å². The summed E-state index contributed by atoms with van der Waals surface area (Å²) in [5, 5.41) is 67.2. The number of hydrogen-bond donors (Lipinski definition) is 6. The number of nitrogens with zero attached hydrogens (tertiary/aromatic N) is 2. The molecular weight excluding hydrogens is 632 g/mol. The van der Waals surface area contributed by atoms with E-state index in [1.54, 1.807) is 48.0 Å². The number of aliphatic hydroxyl groups excluding tert-OH is 2. The van der Waals surface area contributed by atoms with Crippen LogP contribution in [0.3, 0.4) is 0 Å². The molecule has 0 saturated carbocycles. The molecule has 0 bridgehead atoms. The molecule has 0 saturated heterocycles. The quantitative estimate of drug-likeness (QED) is 0.0442. The molecule has 0 aromatic heterocycles. The van der Waals surface area contributed by atoms with Crippen molar-refractivity contribution >= 4 is 49.7 Å². The van der Waals surface area contributed by atoms with Gasteiger partial charge in [-0.25, -0.2) is 0 Å². The number of aliphatic carboxylic acids is 2. The minimum Gasteiger partial charge on any atom is -0.875 e. The molecule has 0 aromatic carbocycles. The summed E-state index contributed by atoms with van der Waals surface area (Å²) in [6.45, 7) is 14.0. The predicted molar refractivity (Wildman–Crippen MR) is 186 cm³/mol. The summed E-state index contributed by atoms with van der Waals surface area (Å²) in [4.78, 5) is 25.6. The van der Waals surface area contributed by atoms with Gasteiger partial charge in [0.25, 0.3) is 0 Å². The van der Waals surface area contributed by atoms with Crippen LogP contribution in [-0.2, 0) is 9.59 Å². The molecule has 12 nitrogen and oxygen atoms in total. The van der Waals surface area contributed by atoms with Gasteiger partial charge in [-0.1, -0.05) is 65.5 Å². The Kier molecular flexibility index (Phi) is 34.5. The van der Waals surface area contributed by atoms with E-state index in [9.17, 15) is 35.1 Å². The van der Waals surface area contributed by atoms with E-state index in [4.69, 9.17) is 5.11 Å². The molecule has 0 aliphatic heterocycles. The second-order valence-corrected chi connectivity index (χ2v) is 11.2. The van der Waals surface area contributed by atoms with Crippen LogP contribution in [0.1, 0.15) is 92.9 Å². The fourth-order valence-corrected chi connectivity index (χ4v) is 3.92.